The maximum atomic E-state index is 13.2. The maximum absolute atomic E-state index is 13.2. The highest BCUT2D eigenvalue weighted by molar-refractivity contribution is 7.71. The van der Waals surface area contributed by atoms with Crippen LogP contribution in [0.3, 0.4) is 0 Å². The number of aromatic amines is 2. The SMILES string of the molecule is CC1(C)CC(NC(=O)Oc2ccc3[nH]c(=S)n(-c4ccccc4)c3c2)CC(C)(CNC(=O)Oc2ccc3[nH]c(=S)n(-c4ccccc4)c3c2)C1. The Kier molecular flexibility index (Phi) is 8.83. The summed E-state index contributed by atoms with van der Waals surface area (Å²) in [5, 5.41) is 6.06. The lowest BCUT2D eigenvalue weighted by molar-refractivity contribution is 0.0701. The van der Waals surface area contributed by atoms with Crippen LogP contribution in [-0.4, -0.2) is 43.9 Å². The summed E-state index contributed by atoms with van der Waals surface area (Å²) in [7, 11) is 0. The molecular weight excluding hydrogens is 669 g/mol. The van der Waals surface area contributed by atoms with E-state index < -0.39 is 12.2 Å². The molecule has 1 aliphatic rings. The molecule has 50 heavy (non-hydrogen) atoms. The van der Waals surface area contributed by atoms with Crippen molar-refractivity contribution < 1.29 is 19.1 Å². The number of fused-ring (bicyclic) bond motifs is 2. The number of hydrogen-bond donors (Lipinski definition) is 4. The summed E-state index contributed by atoms with van der Waals surface area (Å²) in [6, 6.07) is 30.2. The van der Waals surface area contributed by atoms with Crippen LogP contribution in [0.1, 0.15) is 40.0 Å². The Morgan fingerprint density at radius 3 is 1.76 bits per heavy atom. The number of nitrogens with zero attached hydrogens (tertiary/aromatic N) is 2. The molecule has 0 bridgehead atoms. The molecule has 4 N–H and O–H groups in total. The molecule has 0 saturated heterocycles. The highest BCUT2D eigenvalue weighted by Gasteiger charge is 2.42. The van der Waals surface area contributed by atoms with Gasteiger partial charge >= 0.3 is 12.2 Å². The first-order valence-corrected chi connectivity index (χ1v) is 17.3. The standard InChI is InChI=1S/C38H38N6O4S2/c1-37(2)20-24(40-36(46)48-28-15-17-30-32(19-28)44(34(50)42-30)26-12-8-5-9-13-26)21-38(3,22-37)23-39-35(45)47-27-14-16-29-31(18-27)43(33(49)41-29)25-10-6-4-7-11-25/h4-19,24H,20-23H2,1-3H3,(H,39,45)(H,40,46)(H,41,49)(H,42,50). The molecule has 1 aliphatic carbocycles. The Morgan fingerprint density at radius 2 is 1.24 bits per heavy atom. The molecule has 2 amide bonds. The van der Waals surface area contributed by atoms with Crippen LogP contribution >= 0.6 is 24.4 Å². The third-order valence-electron chi connectivity index (χ3n) is 9.18. The van der Waals surface area contributed by atoms with Gasteiger partial charge in [-0.3, -0.25) is 9.13 Å². The maximum Gasteiger partial charge on any atom is 0.412 e. The number of carbonyl (C=O) groups excluding carboxylic acids is 2. The van der Waals surface area contributed by atoms with Gasteiger partial charge in [0.25, 0.3) is 0 Å². The predicted molar refractivity (Wildman–Crippen MR) is 200 cm³/mol. The largest absolute Gasteiger partial charge is 0.412 e. The van der Waals surface area contributed by atoms with Crippen molar-refractivity contribution in [3.8, 4) is 22.9 Å². The predicted octanol–water partition coefficient (Wildman–Crippen LogP) is 9.15. The summed E-state index contributed by atoms with van der Waals surface area (Å²) in [6.45, 7) is 6.86. The lowest BCUT2D eigenvalue weighted by Gasteiger charge is -2.46. The molecule has 2 heterocycles. The molecule has 6 aromatic rings. The normalized spacial score (nSPS) is 18.5. The van der Waals surface area contributed by atoms with Gasteiger partial charge in [-0.2, -0.15) is 0 Å². The fourth-order valence-corrected chi connectivity index (χ4v) is 8.19. The highest BCUT2D eigenvalue weighted by atomic mass is 32.1. The number of nitrogens with one attached hydrogen (secondary N) is 4. The summed E-state index contributed by atoms with van der Waals surface area (Å²) in [5.74, 6) is 0.813. The fourth-order valence-electron chi connectivity index (χ4n) is 7.56. The minimum absolute atomic E-state index is 0.0893. The number of H-pyrrole nitrogens is 2. The van der Waals surface area contributed by atoms with Gasteiger partial charge in [0.2, 0.25) is 0 Å². The molecule has 2 atom stereocenters. The Labute approximate surface area is 299 Å². The van der Waals surface area contributed by atoms with Gasteiger partial charge in [-0.25, -0.2) is 9.59 Å². The van der Waals surface area contributed by atoms with E-state index in [4.69, 9.17) is 33.9 Å². The topological polar surface area (TPSA) is 118 Å². The van der Waals surface area contributed by atoms with Gasteiger partial charge in [-0.1, -0.05) is 57.2 Å². The van der Waals surface area contributed by atoms with Gasteiger partial charge in [0.15, 0.2) is 9.54 Å². The zero-order chi connectivity index (χ0) is 35.0. The van der Waals surface area contributed by atoms with E-state index >= 15 is 0 Å². The minimum Gasteiger partial charge on any atom is -0.410 e. The fraction of sp³-hybridized carbons (Fsp3) is 0.263. The summed E-state index contributed by atoms with van der Waals surface area (Å²) in [4.78, 5) is 32.7. The molecule has 10 nitrogen and oxygen atoms in total. The Balaban J connectivity index is 0.996. The van der Waals surface area contributed by atoms with Gasteiger partial charge in [-0.05, 0) is 103 Å². The van der Waals surface area contributed by atoms with E-state index in [2.05, 4.69) is 41.4 Å². The van der Waals surface area contributed by atoms with Crippen molar-refractivity contribution in [2.24, 2.45) is 10.8 Å². The monoisotopic (exact) mass is 706 g/mol. The molecule has 0 radical (unpaired) electrons. The smallest absolute Gasteiger partial charge is 0.410 e. The third-order valence-corrected chi connectivity index (χ3v) is 9.75. The zero-order valence-electron chi connectivity index (χ0n) is 28.0. The van der Waals surface area contributed by atoms with Crippen LogP contribution in [-0.2, 0) is 0 Å². The molecule has 7 rings (SSSR count). The Hall–Kier alpha value is -5.20. The van der Waals surface area contributed by atoms with E-state index in [1.54, 1.807) is 18.2 Å². The summed E-state index contributed by atoms with van der Waals surface area (Å²) in [5.41, 5.74) is 4.73. The van der Waals surface area contributed by atoms with Crippen LogP contribution in [0.2, 0.25) is 0 Å². The Morgan fingerprint density at radius 1 is 0.740 bits per heavy atom. The lowest BCUT2D eigenvalue weighted by Crippen LogP contribution is -2.51. The van der Waals surface area contributed by atoms with Crippen LogP contribution in [0.4, 0.5) is 9.59 Å². The molecule has 0 spiro atoms. The van der Waals surface area contributed by atoms with Crippen molar-refractivity contribution in [3.63, 3.8) is 0 Å². The minimum atomic E-state index is -0.548. The number of carbonyl (C=O) groups is 2. The Bertz CT molecular complexity index is 2330. The highest BCUT2D eigenvalue weighted by Crippen LogP contribution is 2.46. The van der Waals surface area contributed by atoms with Gasteiger partial charge in [-0.15, -0.1) is 0 Å². The first-order valence-electron chi connectivity index (χ1n) is 16.5. The number of ether oxygens (including phenoxy) is 2. The van der Waals surface area contributed by atoms with E-state index in [1.807, 2.05) is 88.0 Å². The van der Waals surface area contributed by atoms with Crippen LogP contribution in [0.5, 0.6) is 11.5 Å². The molecule has 0 aliphatic heterocycles. The second-order valence-corrected chi connectivity index (χ2v) is 14.9. The molecule has 2 unspecified atom stereocenters. The average Bonchev–Trinajstić information content (AvgIpc) is 3.57. The van der Waals surface area contributed by atoms with Gasteiger partial charge in [0, 0.05) is 36.1 Å². The van der Waals surface area contributed by atoms with Crippen LogP contribution in [0.15, 0.2) is 97.1 Å². The zero-order valence-corrected chi connectivity index (χ0v) is 29.6. The van der Waals surface area contributed by atoms with Crippen molar-refractivity contribution in [2.75, 3.05) is 6.54 Å². The molecule has 256 valence electrons. The molecular formula is C38H38N6O4S2. The lowest BCUT2D eigenvalue weighted by atomic mass is 9.62. The summed E-state index contributed by atoms with van der Waals surface area (Å²) < 4.78 is 16.4. The molecule has 1 saturated carbocycles. The van der Waals surface area contributed by atoms with Crippen molar-refractivity contribution >= 4 is 58.7 Å². The number of rotatable bonds is 7. The third kappa shape index (κ3) is 7.08. The van der Waals surface area contributed by atoms with E-state index in [0.717, 1.165) is 46.3 Å². The second kappa shape index (κ2) is 13.3. The number of aromatic nitrogens is 4. The van der Waals surface area contributed by atoms with Crippen molar-refractivity contribution in [1.29, 1.82) is 0 Å². The van der Waals surface area contributed by atoms with Crippen molar-refractivity contribution in [1.82, 2.24) is 29.7 Å². The number of amides is 2. The molecule has 12 heteroatoms. The van der Waals surface area contributed by atoms with E-state index in [9.17, 15) is 9.59 Å². The average molecular weight is 707 g/mol. The van der Waals surface area contributed by atoms with E-state index in [1.165, 1.54) is 0 Å². The number of hydrogen-bond acceptors (Lipinski definition) is 6. The first-order chi connectivity index (χ1) is 24.0. The van der Waals surface area contributed by atoms with Crippen molar-refractivity contribution in [2.45, 2.75) is 46.1 Å². The molecule has 2 aromatic heterocycles. The van der Waals surface area contributed by atoms with Crippen molar-refractivity contribution in [3.05, 3.63) is 107 Å². The van der Waals surface area contributed by atoms with Gasteiger partial charge in [0.1, 0.15) is 11.5 Å². The quantitative estimate of drug-likeness (QED) is 0.123. The molecule has 1 fully saturated rings. The van der Waals surface area contributed by atoms with E-state index in [-0.39, 0.29) is 16.9 Å². The van der Waals surface area contributed by atoms with Crippen LogP contribution in [0, 0.1) is 20.4 Å². The second-order valence-electron chi connectivity index (χ2n) is 14.1. The number of imidazole rings is 2. The number of para-hydroxylation sites is 2. The van der Waals surface area contributed by atoms with E-state index in [0.29, 0.717) is 34.0 Å². The van der Waals surface area contributed by atoms with Crippen LogP contribution < -0.4 is 20.1 Å². The molecule has 4 aromatic carbocycles. The summed E-state index contributed by atoms with van der Waals surface area (Å²) in [6.07, 6.45) is 1.21. The summed E-state index contributed by atoms with van der Waals surface area (Å²) >= 11 is 11.1. The number of benzene rings is 4. The first kappa shape index (κ1) is 33.3. The van der Waals surface area contributed by atoms with Crippen LogP contribution in [0.25, 0.3) is 33.4 Å². The van der Waals surface area contributed by atoms with Gasteiger partial charge in [0.05, 0.1) is 22.1 Å². The van der Waals surface area contributed by atoms with Gasteiger partial charge < -0.3 is 30.1 Å².